The standard InChI is InChI=1S/C63H97N3O20/c1-62(20-25-74-36-41-82-48-45-78-32-29-70-3)53-11-6-8-13-55(53)64(22-27-76-38-43-84-50-47-80-34-31-72-5)57(62)15-10-16-58-63(2,21-26-75-37-42-83-49-46-79-33-30-71-4)54-12-7-9-14-56(54)65(58)23-28-77-39-44-85-52-51-81-40-35-73-24-19-61(69)86-66-59(67)17-18-60(66)68/h6-18H,19-52H2,1-5H3,(H-,67,68)/p+1. The van der Waals surface area contributed by atoms with Crippen molar-refractivity contribution in [1.82, 2.24) is 4.73 Å². The molecule has 2 aliphatic rings. The average molecular weight is 1220 g/mol. The number of fused-ring (bicyclic) bond motifs is 2. The molecule has 484 valence electrons. The van der Waals surface area contributed by atoms with Gasteiger partial charge in [-0.25, -0.2) is 4.79 Å². The fourth-order valence-electron chi connectivity index (χ4n) is 9.74. The third-order valence-electron chi connectivity index (χ3n) is 14.3. The van der Waals surface area contributed by atoms with E-state index in [4.69, 9.17) is 80.6 Å². The molecule has 2 aromatic carbocycles. The fourth-order valence-corrected chi connectivity index (χ4v) is 9.74. The van der Waals surface area contributed by atoms with Gasteiger partial charge in [0, 0.05) is 87.7 Å². The summed E-state index contributed by atoms with van der Waals surface area (Å²) in [7, 11) is 4.96. The van der Waals surface area contributed by atoms with Gasteiger partial charge >= 0.3 is 5.97 Å². The van der Waals surface area contributed by atoms with Crippen LogP contribution < -0.4 is 9.74 Å². The lowest BCUT2D eigenvalue weighted by atomic mass is 9.76. The molecule has 23 nitrogen and oxygen atoms in total. The number of hydrogen-bond acceptors (Lipinski definition) is 21. The highest BCUT2D eigenvalue weighted by molar-refractivity contribution is 6.03. The number of para-hydroxylation sites is 2. The second-order valence-electron chi connectivity index (χ2n) is 20.3. The number of allylic oxidation sites excluding steroid dienone is 4. The van der Waals surface area contributed by atoms with Gasteiger partial charge in [-0.3, -0.25) is 0 Å². The van der Waals surface area contributed by atoms with E-state index in [1.807, 2.05) is 0 Å². The van der Waals surface area contributed by atoms with Crippen molar-refractivity contribution in [2.75, 3.05) is 231 Å². The number of carbonyl (C=O) groups excluding carboxylic acids is 1. The summed E-state index contributed by atoms with van der Waals surface area (Å²) < 4.78 is 94.0. The van der Waals surface area contributed by atoms with Crippen LogP contribution >= 0.6 is 0 Å². The number of nitrogens with zero attached hydrogens (tertiary/aromatic N) is 3. The molecule has 0 saturated heterocycles. The van der Waals surface area contributed by atoms with Crippen molar-refractivity contribution in [3.63, 3.8) is 0 Å². The monoisotopic (exact) mass is 1220 g/mol. The van der Waals surface area contributed by atoms with Crippen LogP contribution in [0.5, 0.6) is 11.8 Å². The molecule has 2 atom stereocenters. The molecule has 2 N–H and O–H groups in total. The highest BCUT2D eigenvalue weighted by Gasteiger charge is 2.48. The molecule has 1 aromatic heterocycles. The largest absolute Gasteiger partial charge is 0.492 e. The number of carbonyl (C=O) groups is 1. The maximum absolute atomic E-state index is 12.0. The Morgan fingerprint density at radius 2 is 0.860 bits per heavy atom. The van der Waals surface area contributed by atoms with Crippen LogP contribution in [0.25, 0.3) is 0 Å². The predicted molar refractivity (Wildman–Crippen MR) is 321 cm³/mol. The molecule has 5 rings (SSSR count). The molecule has 3 aromatic rings. The quantitative estimate of drug-likeness (QED) is 0.0529. The Labute approximate surface area is 508 Å². The van der Waals surface area contributed by atoms with Crippen LogP contribution in [-0.4, -0.2) is 257 Å². The Hall–Kier alpha value is -4.90. The number of anilines is 1. The van der Waals surface area contributed by atoms with Gasteiger partial charge in [0.2, 0.25) is 17.4 Å². The zero-order valence-corrected chi connectivity index (χ0v) is 51.6. The van der Waals surface area contributed by atoms with Gasteiger partial charge in [-0.15, -0.1) is 4.73 Å². The first-order valence-corrected chi connectivity index (χ1v) is 30.0. The van der Waals surface area contributed by atoms with E-state index in [1.54, 1.807) is 21.3 Å². The van der Waals surface area contributed by atoms with Crippen molar-refractivity contribution < 1.29 is 100 Å². The van der Waals surface area contributed by atoms with Gasteiger partial charge in [0.15, 0.2) is 12.3 Å². The smallest absolute Gasteiger partial charge is 0.335 e. The molecule has 23 heteroatoms. The summed E-state index contributed by atoms with van der Waals surface area (Å²) >= 11 is 0. The van der Waals surface area contributed by atoms with Crippen LogP contribution in [0.4, 0.5) is 11.4 Å². The summed E-state index contributed by atoms with van der Waals surface area (Å²) in [5.41, 5.74) is 6.16. The molecule has 2 aliphatic heterocycles. The lowest BCUT2D eigenvalue weighted by Crippen LogP contribution is -2.34. The van der Waals surface area contributed by atoms with Gasteiger partial charge in [-0.1, -0.05) is 42.5 Å². The third-order valence-corrected chi connectivity index (χ3v) is 14.3. The summed E-state index contributed by atoms with van der Waals surface area (Å²) in [5.74, 6) is -1.45. The van der Waals surface area contributed by atoms with Crippen LogP contribution in [-0.2, 0) is 91.4 Å². The number of aromatic nitrogens is 1. The van der Waals surface area contributed by atoms with Crippen molar-refractivity contribution >= 4 is 23.1 Å². The highest BCUT2D eigenvalue weighted by Crippen LogP contribution is 2.50. The van der Waals surface area contributed by atoms with E-state index in [9.17, 15) is 15.0 Å². The van der Waals surface area contributed by atoms with Crippen molar-refractivity contribution in [2.45, 2.75) is 43.9 Å². The number of rotatable bonds is 54. The Balaban J connectivity index is 1.24. The van der Waals surface area contributed by atoms with Gasteiger partial charge in [0.1, 0.15) is 6.61 Å². The number of methoxy groups -OCH3 is 3. The minimum atomic E-state index is -0.671. The maximum Gasteiger partial charge on any atom is 0.335 e. The first kappa shape index (κ1) is 71.8. The van der Waals surface area contributed by atoms with Gasteiger partial charge in [0.25, 0.3) is 0 Å². The topological polar surface area (TPSA) is 226 Å². The lowest BCUT2D eigenvalue weighted by Gasteiger charge is -2.30. The SMILES string of the molecule is COCCOCCOCCOCC[N+]1=C(C=CC=C2N(CCOCCOCCOCCOCCC(=O)On3c(O)ccc3O)c3ccccc3C2(C)CCOCCOCCOCCOC)C(C)(CCOCCOCCOCCOC)c2ccccc21. The highest BCUT2D eigenvalue weighted by atomic mass is 16.7. The predicted octanol–water partition coefficient (Wildman–Crippen LogP) is 5.45. The van der Waals surface area contributed by atoms with E-state index in [0.717, 1.165) is 35.6 Å². The number of hydrogen-bond donors (Lipinski definition) is 2. The van der Waals surface area contributed by atoms with Crippen molar-refractivity contribution in [3.05, 3.63) is 95.7 Å². The molecule has 2 unspecified atom stereocenters. The van der Waals surface area contributed by atoms with Gasteiger partial charge in [-0.2, -0.15) is 4.58 Å². The average Bonchev–Trinajstić information content (AvgIpc) is 1.75. The van der Waals surface area contributed by atoms with Crippen molar-refractivity contribution in [1.29, 1.82) is 0 Å². The fraction of sp³-hybridized carbons (Fsp3) is 0.651. The summed E-state index contributed by atoms with van der Waals surface area (Å²) in [6, 6.07) is 19.6. The zero-order valence-electron chi connectivity index (χ0n) is 51.6. The molecule has 0 saturated carbocycles. The van der Waals surface area contributed by atoms with Gasteiger partial charge in [0.05, 0.1) is 184 Å². The molecule has 0 spiro atoms. The van der Waals surface area contributed by atoms with Crippen LogP contribution in [0.3, 0.4) is 0 Å². The van der Waals surface area contributed by atoms with E-state index in [1.165, 1.54) is 23.3 Å². The number of ether oxygens (including phenoxy) is 16. The van der Waals surface area contributed by atoms with Crippen LogP contribution in [0.2, 0.25) is 0 Å². The van der Waals surface area contributed by atoms with Crippen molar-refractivity contribution in [2.24, 2.45) is 0 Å². The van der Waals surface area contributed by atoms with Gasteiger partial charge in [-0.05, 0) is 44.4 Å². The Morgan fingerprint density at radius 3 is 1.35 bits per heavy atom. The molecule has 0 bridgehead atoms. The molecule has 86 heavy (non-hydrogen) atoms. The van der Waals surface area contributed by atoms with E-state index in [2.05, 4.69) is 90.1 Å². The van der Waals surface area contributed by atoms with Crippen LogP contribution in [0.15, 0.2) is 84.6 Å². The molecule has 3 heterocycles. The minimum Gasteiger partial charge on any atom is -0.492 e. The first-order chi connectivity index (χ1) is 42.2. The Bertz CT molecular complexity index is 2370. The maximum atomic E-state index is 12.0. The van der Waals surface area contributed by atoms with E-state index < -0.39 is 16.8 Å². The molecular weight excluding hydrogens is 1120 g/mol. The van der Waals surface area contributed by atoms with E-state index in [-0.39, 0.29) is 31.4 Å². The van der Waals surface area contributed by atoms with Crippen molar-refractivity contribution in [3.8, 4) is 11.8 Å². The van der Waals surface area contributed by atoms with E-state index >= 15 is 0 Å². The molecule has 0 aliphatic carbocycles. The molecule has 0 radical (unpaired) electrons. The molecule has 0 fully saturated rings. The lowest BCUT2D eigenvalue weighted by molar-refractivity contribution is -0.442. The minimum absolute atomic E-state index is 0.0718. The molecule has 0 amide bonds. The Morgan fingerprint density at radius 1 is 0.465 bits per heavy atom. The Kier molecular flexibility index (Phi) is 36.5. The normalized spacial score (nSPS) is 17.0. The first-order valence-electron chi connectivity index (χ1n) is 30.0. The zero-order chi connectivity index (χ0) is 61.2. The molecular formula is C63H98N3O20+. The number of benzene rings is 2. The number of aromatic hydroxyl groups is 2. The van der Waals surface area contributed by atoms with Crippen LogP contribution in [0, 0.1) is 0 Å². The second-order valence-corrected chi connectivity index (χ2v) is 20.3. The second kappa shape index (κ2) is 43.7. The summed E-state index contributed by atoms with van der Waals surface area (Å²) in [4.78, 5) is 19.3. The summed E-state index contributed by atoms with van der Waals surface area (Å²) in [6.45, 7) is 19.0. The third kappa shape index (κ3) is 25.3. The van der Waals surface area contributed by atoms with Gasteiger partial charge < -0.3 is 95.7 Å². The van der Waals surface area contributed by atoms with Crippen LogP contribution in [0.1, 0.15) is 44.2 Å². The summed E-state index contributed by atoms with van der Waals surface area (Å²) in [5, 5.41) is 19.3. The summed E-state index contributed by atoms with van der Waals surface area (Å²) in [6.07, 6.45) is 8.10. The van der Waals surface area contributed by atoms with E-state index in [0.29, 0.717) is 196 Å².